The Labute approximate surface area is 217 Å². The number of anilines is 2. The number of hydrogen-bond donors (Lipinski definition) is 1. The molecule has 0 radical (unpaired) electrons. The molecule has 37 heavy (non-hydrogen) atoms. The molecule has 3 aliphatic heterocycles. The molecule has 1 amide bonds. The first-order valence-electron chi connectivity index (χ1n) is 12.7. The first-order chi connectivity index (χ1) is 17.7. The minimum atomic E-state index is -0.336. The number of nitrogens with zero attached hydrogens (tertiary/aromatic N) is 4. The van der Waals surface area contributed by atoms with E-state index in [4.69, 9.17) is 22.0 Å². The van der Waals surface area contributed by atoms with Gasteiger partial charge in [0.25, 0.3) is 0 Å². The van der Waals surface area contributed by atoms with Crippen LogP contribution in [0.2, 0.25) is 0 Å². The number of pyridine rings is 1. The molecule has 4 heterocycles. The van der Waals surface area contributed by atoms with Gasteiger partial charge >= 0.3 is 0 Å². The number of aromatic nitrogens is 1. The average Bonchev–Trinajstić information content (AvgIpc) is 3.31. The Hall–Kier alpha value is -3.89. The zero-order chi connectivity index (χ0) is 25.9. The van der Waals surface area contributed by atoms with Crippen LogP contribution in [0.5, 0.6) is 0 Å². The predicted octanol–water partition coefficient (Wildman–Crippen LogP) is 5.11. The van der Waals surface area contributed by atoms with Gasteiger partial charge in [-0.15, -0.1) is 0 Å². The Kier molecular flexibility index (Phi) is 5.29. The molecule has 1 aromatic heterocycles. The topological polar surface area (TPSA) is 76.0 Å². The second-order valence-electron chi connectivity index (χ2n) is 11.3. The Morgan fingerprint density at radius 1 is 1.24 bits per heavy atom. The number of amides is 1. The van der Waals surface area contributed by atoms with Gasteiger partial charge in [0.1, 0.15) is 5.82 Å². The molecule has 188 valence electrons. The SMILES string of the molecule is [C-]#[N+]c1c(N2CCC3(CN(C(=O)C=C)C3)C2)nc2c(c1-c1cc(N)cc3ccccc13)COC(C)(C)C2. The van der Waals surface area contributed by atoms with Crippen molar-refractivity contribution in [1.82, 2.24) is 9.88 Å². The molecule has 0 atom stereocenters. The van der Waals surface area contributed by atoms with E-state index in [2.05, 4.69) is 42.3 Å². The summed E-state index contributed by atoms with van der Waals surface area (Å²) in [6.07, 6.45) is 3.02. The molecule has 3 aliphatic rings. The third-order valence-corrected chi connectivity index (χ3v) is 8.08. The second kappa shape index (κ2) is 8.32. The van der Waals surface area contributed by atoms with Crippen LogP contribution in [0, 0.1) is 12.0 Å². The van der Waals surface area contributed by atoms with Gasteiger partial charge in [-0.3, -0.25) is 4.79 Å². The van der Waals surface area contributed by atoms with Crippen molar-refractivity contribution in [2.24, 2.45) is 5.41 Å². The number of likely N-dealkylation sites (tertiary alicyclic amines) is 1. The van der Waals surface area contributed by atoms with Gasteiger partial charge in [0.15, 0.2) is 0 Å². The summed E-state index contributed by atoms with van der Waals surface area (Å²) in [5.74, 6) is 0.717. The van der Waals surface area contributed by atoms with E-state index in [1.165, 1.54) is 6.08 Å². The highest BCUT2D eigenvalue weighted by Gasteiger charge is 2.49. The third-order valence-electron chi connectivity index (χ3n) is 8.08. The summed E-state index contributed by atoms with van der Waals surface area (Å²) in [6.45, 7) is 19.5. The lowest BCUT2D eigenvalue weighted by molar-refractivity contribution is -0.136. The van der Waals surface area contributed by atoms with Crippen LogP contribution in [0.3, 0.4) is 0 Å². The highest BCUT2D eigenvalue weighted by Crippen LogP contribution is 2.49. The maximum Gasteiger partial charge on any atom is 0.245 e. The molecule has 7 heteroatoms. The van der Waals surface area contributed by atoms with Crippen molar-refractivity contribution < 1.29 is 9.53 Å². The van der Waals surface area contributed by atoms with Crippen molar-refractivity contribution in [3.63, 3.8) is 0 Å². The van der Waals surface area contributed by atoms with Crippen molar-refractivity contribution in [2.45, 2.75) is 38.9 Å². The number of fused-ring (bicyclic) bond motifs is 2. The van der Waals surface area contributed by atoms with Crippen LogP contribution in [-0.4, -0.2) is 47.6 Å². The molecule has 0 saturated carbocycles. The smallest absolute Gasteiger partial charge is 0.245 e. The van der Waals surface area contributed by atoms with Crippen LogP contribution < -0.4 is 10.6 Å². The highest BCUT2D eigenvalue weighted by molar-refractivity contribution is 6.04. The minimum absolute atomic E-state index is 0.0177. The summed E-state index contributed by atoms with van der Waals surface area (Å²) in [4.78, 5) is 25.4. The fourth-order valence-electron chi connectivity index (χ4n) is 6.25. The Bertz CT molecular complexity index is 1500. The molecular formula is C30H31N5O2. The Morgan fingerprint density at radius 2 is 2.03 bits per heavy atom. The van der Waals surface area contributed by atoms with Crippen molar-refractivity contribution >= 4 is 33.9 Å². The maximum absolute atomic E-state index is 12.1. The molecule has 0 bridgehead atoms. The fraction of sp³-hybridized carbons (Fsp3) is 0.367. The largest absolute Gasteiger partial charge is 0.399 e. The maximum atomic E-state index is 12.1. The number of ether oxygens (including phenoxy) is 1. The van der Waals surface area contributed by atoms with E-state index < -0.39 is 0 Å². The summed E-state index contributed by atoms with van der Waals surface area (Å²) in [5.41, 5.74) is 11.1. The van der Waals surface area contributed by atoms with Crippen LogP contribution in [0.25, 0.3) is 26.7 Å². The number of benzene rings is 2. The quantitative estimate of drug-likeness (QED) is 0.312. The van der Waals surface area contributed by atoms with Gasteiger partial charge < -0.3 is 20.3 Å². The van der Waals surface area contributed by atoms with Gasteiger partial charge in [-0.25, -0.2) is 9.83 Å². The fourth-order valence-corrected chi connectivity index (χ4v) is 6.25. The van der Waals surface area contributed by atoms with Crippen LogP contribution >= 0.6 is 0 Å². The lowest BCUT2D eigenvalue weighted by Gasteiger charge is -2.47. The number of carbonyl (C=O) groups is 1. The summed E-state index contributed by atoms with van der Waals surface area (Å²) < 4.78 is 6.23. The summed E-state index contributed by atoms with van der Waals surface area (Å²) in [7, 11) is 0. The first-order valence-corrected chi connectivity index (χ1v) is 12.7. The van der Waals surface area contributed by atoms with E-state index >= 15 is 0 Å². The lowest BCUT2D eigenvalue weighted by atomic mass is 9.79. The lowest BCUT2D eigenvalue weighted by Crippen LogP contribution is -2.59. The molecule has 7 nitrogen and oxygen atoms in total. The van der Waals surface area contributed by atoms with Crippen LogP contribution in [0.15, 0.2) is 49.1 Å². The molecule has 2 aromatic carbocycles. The van der Waals surface area contributed by atoms with Gasteiger partial charge in [-0.1, -0.05) is 30.8 Å². The van der Waals surface area contributed by atoms with E-state index in [0.717, 1.165) is 71.6 Å². The molecule has 2 fully saturated rings. The van der Waals surface area contributed by atoms with Gasteiger partial charge in [0, 0.05) is 49.4 Å². The monoisotopic (exact) mass is 493 g/mol. The zero-order valence-corrected chi connectivity index (χ0v) is 21.4. The van der Waals surface area contributed by atoms with Gasteiger partial charge in [-0.2, -0.15) is 0 Å². The van der Waals surface area contributed by atoms with Crippen molar-refractivity contribution in [1.29, 1.82) is 0 Å². The summed E-state index contributed by atoms with van der Waals surface area (Å²) in [5, 5.41) is 2.10. The highest BCUT2D eigenvalue weighted by atomic mass is 16.5. The second-order valence-corrected chi connectivity index (χ2v) is 11.3. The first kappa shape index (κ1) is 23.5. The minimum Gasteiger partial charge on any atom is -0.399 e. The number of rotatable bonds is 3. The Morgan fingerprint density at radius 3 is 2.78 bits per heavy atom. The number of nitrogens with two attached hydrogens (primary N) is 1. The van der Waals surface area contributed by atoms with E-state index in [1.807, 2.05) is 29.2 Å². The van der Waals surface area contributed by atoms with Crippen LogP contribution in [0.4, 0.5) is 17.2 Å². The van der Waals surface area contributed by atoms with E-state index in [0.29, 0.717) is 24.4 Å². The molecule has 0 aliphatic carbocycles. The molecule has 2 saturated heterocycles. The van der Waals surface area contributed by atoms with Crippen LogP contribution in [0.1, 0.15) is 31.5 Å². The normalized spacial score (nSPS) is 19.4. The molecule has 1 spiro atoms. The molecule has 3 aromatic rings. The van der Waals surface area contributed by atoms with Gasteiger partial charge in [0.2, 0.25) is 11.6 Å². The number of nitrogen functional groups attached to an aromatic ring is 1. The van der Waals surface area contributed by atoms with Crippen molar-refractivity contribution in [3.8, 4) is 11.1 Å². The molecule has 6 rings (SSSR count). The molecular weight excluding hydrogens is 462 g/mol. The van der Waals surface area contributed by atoms with Crippen LogP contribution in [-0.2, 0) is 22.6 Å². The van der Waals surface area contributed by atoms with Crippen molar-refractivity contribution in [3.05, 3.63) is 71.7 Å². The standard InChI is InChI=1S/C30H31N5O2/c1-5-25(36)35-17-30(18-35)10-11-34(16-30)28-27(32-4)26(23-15-37-29(2,3)14-24(23)33-28)22-13-20(31)12-19-8-6-7-9-21(19)22/h5-9,12-13H,1,10-11,14-18,31H2,2-3H3. The third kappa shape index (κ3) is 3.84. The molecule has 0 unspecified atom stereocenters. The van der Waals surface area contributed by atoms with E-state index in [-0.39, 0.29) is 16.9 Å². The average molecular weight is 494 g/mol. The van der Waals surface area contributed by atoms with Gasteiger partial charge in [-0.05, 0) is 65.9 Å². The summed E-state index contributed by atoms with van der Waals surface area (Å²) >= 11 is 0. The number of hydrogen-bond acceptors (Lipinski definition) is 5. The zero-order valence-electron chi connectivity index (χ0n) is 21.4. The Balaban J connectivity index is 1.51. The molecule has 2 N–H and O–H groups in total. The van der Waals surface area contributed by atoms with E-state index in [1.54, 1.807) is 0 Å². The number of carbonyl (C=O) groups excluding carboxylic acids is 1. The van der Waals surface area contributed by atoms with E-state index in [9.17, 15) is 4.79 Å². The summed E-state index contributed by atoms with van der Waals surface area (Å²) in [6, 6.07) is 12.1. The van der Waals surface area contributed by atoms with Gasteiger partial charge in [0.05, 0.1) is 18.8 Å². The van der Waals surface area contributed by atoms with Crippen molar-refractivity contribution in [2.75, 3.05) is 36.8 Å². The predicted molar refractivity (Wildman–Crippen MR) is 146 cm³/mol.